The Bertz CT molecular complexity index is 528. The fourth-order valence-corrected chi connectivity index (χ4v) is 4.29. The van der Waals surface area contributed by atoms with Gasteiger partial charge in [-0.3, -0.25) is 9.69 Å². The van der Waals surface area contributed by atoms with E-state index >= 15 is 0 Å². The highest BCUT2D eigenvalue weighted by Crippen LogP contribution is 2.30. The van der Waals surface area contributed by atoms with Crippen LogP contribution >= 0.6 is 36.2 Å². The summed E-state index contributed by atoms with van der Waals surface area (Å²) in [5.74, 6) is 0.0358. The second-order valence-corrected chi connectivity index (χ2v) is 7.97. The minimum Gasteiger partial charge on any atom is -0.327 e. The number of carbonyl (C=O) groups is 1. The molecule has 0 radical (unpaired) electrons. The number of thiazole rings is 1. The first-order valence-corrected chi connectivity index (χ1v) is 8.52. The molecule has 8 heteroatoms. The second-order valence-electron chi connectivity index (χ2n) is 6.89. The molecule has 3 N–H and O–H groups in total. The lowest BCUT2D eigenvalue weighted by molar-refractivity contribution is -0.118. The van der Waals surface area contributed by atoms with E-state index in [9.17, 15) is 4.79 Å². The van der Waals surface area contributed by atoms with Gasteiger partial charge in [0.15, 0.2) is 5.13 Å². The average molecular weight is 381 g/mol. The van der Waals surface area contributed by atoms with Crippen LogP contribution in [-0.2, 0) is 17.6 Å². The predicted molar refractivity (Wildman–Crippen MR) is 100 cm³/mol. The van der Waals surface area contributed by atoms with Crippen LogP contribution in [0.3, 0.4) is 0 Å². The molecule has 1 amide bonds. The first-order valence-electron chi connectivity index (χ1n) is 7.70. The number of anilines is 1. The molecule has 1 aliphatic carbocycles. The van der Waals surface area contributed by atoms with Gasteiger partial charge < -0.3 is 11.1 Å². The molecule has 1 aromatic heterocycles. The molecule has 0 bridgehead atoms. The highest BCUT2D eigenvalue weighted by atomic mass is 35.5. The van der Waals surface area contributed by atoms with Crippen LogP contribution < -0.4 is 11.1 Å². The van der Waals surface area contributed by atoms with Gasteiger partial charge >= 0.3 is 0 Å². The van der Waals surface area contributed by atoms with Gasteiger partial charge in [0, 0.05) is 24.0 Å². The Hall–Kier alpha value is -0.400. The molecule has 1 unspecified atom stereocenters. The van der Waals surface area contributed by atoms with Crippen molar-refractivity contribution in [2.24, 2.45) is 11.1 Å². The normalized spacial score (nSPS) is 22.7. The Kier molecular flexibility index (Phi) is 7.29. The molecule has 1 saturated heterocycles. The molecule has 5 nitrogen and oxygen atoms in total. The lowest BCUT2D eigenvalue weighted by Crippen LogP contribution is -2.53. The lowest BCUT2D eigenvalue weighted by atomic mass is 9.80. The summed E-state index contributed by atoms with van der Waals surface area (Å²) in [4.78, 5) is 20.2. The number of hydrogen-bond donors (Lipinski definition) is 2. The van der Waals surface area contributed by atoms with Gasteiger partial charge in [-0.15, -0.1) is 36.2 Å². The van der Waals surface area contributed by atoms with E-state index in [1.54, 1.807) is 11.3 Å². The van der Waals surface area contributed by atoms with E-state index in [1.807, 2.05) is 0 Å². The number of nitrogens with two attached hydrogens (primary N) is 1. The molecule has 0 saturated carbocycles. The molecular formula is C15H26Cl2N4OS. The number of nitrogens with zero attached hydrogens (tertiary/aromatic N) is 2. The summed E-state index contributed by atoms with van der Waals surface area (Å²) in [6.45, 7) is 6.54. The van der Waals surface area contributed by atoms with Crippen LogP contribution in [0.4, 0.5) is 5.13 Å². The van der Waals surface area contributed by atoms with Crippen LogP contribution in [0.2, 0.25) is 0 Å². The molecule has 2 heterocycles. The summed E-state index contributed by atoms with van der Waals surface area (Å²) in [6, 6.07) is 0.221. The Morgan fingerprint density at radius 3 is 2.83 bits per heavy atom. The van der Waals surface area contributed by atoms with E-state index in [1.165, 1.54) is 17.0 Å². The number of hydrogen-bond acceptors (Lipinski definition) is 5. The number of fused-ring (bicyclic) bond motifs is 1. The summed E-state index contributed by atoms with van der Waals surface area (Å²) in [6.07, 6.45) is 4.32. The van der Waals surface area contributed by atoms with Gasteiger partial charge in [0.05, 0.1) is 12.2 Å². The topological polar surface area (TPSA) is 71.2 Å². The zero-order valence-electron chi connectivity index (χ0n) is 13.6. The van der Waals surface area contributed by atoms with Gasteiger partial charge in [-0.05, 0) is 31.1 Å². The van der Waals surface area contributed by atoms with E-state index in [2.05, 4.69) is 29.0 Å². The van der Waals surface area contributed by atoms with Gasteiger partial charge in [0.2, 0.25) is 5.91 Å². The van der Waals surface area contributed by atoms with Gasteiger partial charge in [-0.25, -0.2) is 4.98 Å². The zero-order chi connectivity index (χ0) is 15.0. The number of nitrogens with one attached hydrogen (secondary N) is 1. The Morgan fingerprint density at radius 2 is 2.17 bits per heavy atom. The number of rotatable bonds is 3. The number of carbonyl (C=O) groups excluding carboxylic acids is 1. The molecule has 1 fully saturated rings. The SMILES string of the molecule is CC1(C)CN(CC(=O)Nc2nc3c(s2)CCC3)CCC1N.Cl.Cl. The molecule has 1 aliphatic heterocycles. The third-order valence-electron chi connectivity index (χ3n) is 4.60. The van der Waals surface area contributed by atoms with Crippen molar-refractivity contribution in [3.63, 3.8) is 0 Å². The number of amides is 1. The number of piperidine rings is 1. The molecule has 1 aromatic rings. The highest BCUT2D eigenvalue weighted by molar-refractivity contribution is 7.15. The van der Waals surface area contributed by atoms with Crippen LogP contribution in [0.25, 0.3) is 0 Å². The van der Waals surface area contributed by atoms with E-state index in [-0.39, 0.29) is 42.2 Å². The first-order chi connectivity index (χ1) is 9.94. The predicted octanol–water partition coefficient (Wildman–Crippen LogP) is 2.47. The maximum atomic E-state index is 12.2. The molecule has 3 rings (SSSR count). The van der Waals surface area contributed by atoms with Gasteiger partial charge in [-0.1, -0.05) is 13.8 Å². The van der Waals surface area contributed by atoms with Gasteiger partial charge in [-0.2, -0.15) is 0 Å². The lowest BCUT2D eigenvalue weighted by Gasteiger charge is -2.42. The molecular weight excluding hydrogens is 355 g/mol. The number of halogens is 2. The fourth-order valence-electron chi connectivity index (χ4n) is 3.23. The Labute approximate surface area is 154 Å². The summed E-state index contributed by atoms with van der Waals surface area (Å²) in [5, 5.41) is 3.71. The third kappa shape index (κ3) is 4.79. The average Bonchev–Trinajstić information content (AvgIpc) is 2.94. The minimum atomic E-state index is 0. The first kappa shape index (κ1) is 20.6. The molecule has 132 valence electrons. The van der Waals surface area contributed by atoms with Gasteiger partial charge in [0.1, 0.15) is 0 Å². The summed E-state index contributed by atoms with van der Waals surface area (Å²) in [7, 11) is 0. The Balaban J connectivity index is 0.00000132. The van der Waals surface area contributed by atoms with Crippen LogP contribution in [0, 0.1) is 5.41 Å². The van der Waals surface area contributed by atoms with Crippen molar-refractivity contribution in [2.75, 3.05) is 25.0 Å². The smallest absolute Gasteiger partial charge is 0.240 e. The maximum Gasteiger partial charge on any atom is 0.240 e. The van der Waals surface area contributed by atoms with Crippen molar-refractivity contribution < 1.29 is 4.79 Å². The molecule has 23 heavy (non-hydrogen) atoms. The van der Waals surface area contributed by atoms with E-state index in [4.69, 9.17) is 5.73 Å². The maximum absolute atomic E-state index is 12.2. The van der Waals surface area contributed by atoms with Crippen LogP contribution in [0.5, 0.6) is 0 Å². The Morgan fingerprint density at radius 1 is 1.43 bits per heavy atom. The third-order valence-corrected chi connectivity index (χ3v) is 5.67. The summed E-state index contributed by atoms with van der Waals surface area (Å²) in [5.41, 5.74) is 7.39. The van der Waals surface area contributed by atoms with E-state index in [0.29, 0.717) is 6.54 Å². The van der Waals surface area contributed by atoms with Crippen LogP contribution in [0.1, 0.15) is 37.3 Å². The van der Waals surface area contributed by atoms with Gasteiger partial charge in [0.25, 0.3) is 0 Å². The van der Waals surface area contributed by atoms with E-state index < -0.39 is 0 Å². The fraction of sp³-hybridized carbons (Fsp3) is 0.733. The number of likely N-dealkylation sites (tertiary alicyclic amines) is 1. The molecule has 1 atom stereocenters. The largest absolute Gasteiger partial charge is 0.327 e. The van der Waals surface area contributed by atoms with Crippen molar-refractivity contribution in [3.05, 3.63) is 10.6 Å². The minimum absolute atomic E-state index is 0. The zero-order valence-corrected chi connectivity index (χ0v) is 16.1. The highest BCUT2D eigenvalue weighted by Gasteiger charge is 2.34. The van der Waals surface area contributed by atoms with Crippen molar-refractivity contribution in [1.82, 2.24) is 9.88 Å². The molecule has 2 aliphatic rings. The molecule has 0 spiro atoms. The summed E-state index contributed by atoms with van der Waals surface area (Å²) < 4.78 is 0. The summed E-state index contributed by atoms with van der Waals surface area (Å²) >= 11 is 1.63. The van der Waals surface area contributed by atoms with Crippen LogP contribution in [0.15, 0.2) is 0 Å². The van der Waals surface area contributed by atoms with Crippen molar-refractivity contribution >= 4 is 47.2 Å². The molecule has 0 aromatic carbocycles. The van der Waals surface area contributed by atoms with Crippen LogP contribution in [-0.4, -0.2) is 41.5 Å². The monoisotopic (exact) mass is 380 g/mol. The number of aromatic nitrogens is 1. The van der Waals surface area contributed by atoms with Crippen molar-refractivity contribution in [2.45, 2.75) is 45.6 Å². The number of aryl methyl sites for hydroxylation is 2. The quantitative estimate of drug-likeness (QED) is 0.844. The van der Waals surface area contributed by atoms with E-state index in [0.717, 1.165) is 37.5 Å². The van der Waals surface area contributed by atoms with Crippen molar-refractivity contribution in [3.8, 4) is 0 Å². The second kappa shape index (κ2) is 8.12. The van der Waals surface area contributed by atoms with Crippen molar-refractivity contribution in [1.29, 1.82) is 0 Å². The standard InChI is InChI=1S/C15H24N4OS.2ClH/c1-15(2)9-19(7-6-12(15)16)8-13(20)18-14-17-10-4-3-5-11(10)21-14;;/h12H,3-9,16H2,1-2H3,(H,17,18,20);2*1H.